The number of nitrogens with zero attached hydrogens (tertiary/aromatic N) is 2. The standard InChI is InChI=1S/C31H37N3O5S/c1-22(2)32-31(37)29(18-25-13-7-6-8-14-25)33(20-27-15-10-9-12-23(27)3)30(36)21-34(40(5,38)39)28-17-11-16-26(19-28)24(4)35/h6-17,19,22,29H,18,20-21H2,1-5H3,(H,32,37)/t29-/m0/s1. The largest absolute Gasteiger partial charge is 0.352 e. The van der Waals surface area contributed by atoms with Gasteiger partial charge in [0.1, 0.15) is 12.6 Å². The smallest absolute Gasteiger partial charge is 0.244 e. The fraction of sp³-hybridized carbons (Fsp3) is 0.323. The van der Waals surface area contributed by atoms with E-state index < -0.39 is 28.5 Å². The number of benzene rings is 3. The number of hydrogen-bond donors (Lipinski definition) is 1. The Morgan fingerprint density at radius 1 is 0.900 bits per heavy atom. The van der Waals surface area contributed by atoms with Gasteiger partial charge in [-0.05, 0) is 56.5 Å². The molecule has 0 aliphatic heterocycles. The summed E-state index contributed by atoms with van der Waals surface area (Å²) in [6, 6.07) is 22.1. The third kappa shape index (κ3) is 8.26. The Balaban J connectivity index is 2.08. The topological polar surface area (TPSA) is 104 Å². The fourth-order valence-electron chi connectivity index (χ4n) is 4.40. The SMILES string of the molecule is CC(=O)c1cccc(N(CC(=O)N(Cc2ccccc2C)[C@@H](Cc2ccccc2)C(=O)NC(C)C)S(C)(=O)=O)c1. The van der Waals surface area contributed by atoms with Gasteiger partial charge < -0.3 is 10.2 Å². The summed E-state index contributed by atoms with van der Waals surface area (Å²) >= 11 is 0. The number of carbonyl (C=O) groups is 3. The molecular formula is C31H37N3O5S. The molecule has 8 nitrogen and oxygen atoms in total. The molecule has 0 heterocycles. The molecule has 0 saturated carbocycles. The molecule has 0 unspecified atom stereocenters. The Labute approximate surface area is 237 Å². The molecule has 2 amide bonds. The van der Waals surface area contributed by atoms with Crippen molar-refractivity contribution >= 4 is 33.3 Å². The summed E-state index contributed by atoms with van der Waals surface area (Å²) in [5, 5.41) is 2.93. The van der Waals surface area contributed by atoms with Crippen molar-refractivity contribution < 1.29 is 22.8 Å². The number of nitrogens with one attached hydrogen (secondary N) is 1. The molecule has 40 heavy (non-hydrogen) atoms. The zero-order valence-corrected chi connectivity index (χ0v) is 24.4. The maximum Gasteiger partial charge on any atom is 0.244 e. The first-order valence-electron chi connectivity index (χ1n) is 13.1. The van der Waals surface area contributed by atoms with Crippen LogP contribution in [0.5, 0.6) is 0 Å². The quantitative estimate of drug-likeness (QED) is 0.334. The molecule has 0 spiro atoms. The van der Waals surface area contributed by atoms with Gasteiger partial charge in [-0.3, -0.25) is 18.7 Å². The number of sulfonamides is 1. The lowest BCUT2D eigenvalue weighted by atomic mass is 10.0. The van der Waals surface area contributed by atoms with E-state index in [1.807, 2.05) is 75.4 Å². The van der Waals surface area contributed by atoms with Crippen LogP contribution in [-0.2, 0) is 32.6 Å². The molecule has 0 saturated heterocycles. The first-order valence-corrected chi connectivity index (χ1v) is 15.0. The zero-order valence-electron chi connectivity index (χ0n) is 23.6. The van der Waals surface area contributed by atoms with Crippen LogP contribution in [0.4, 0.5) is 5.69 Å². The third-order valence-corrected chi connectivity index (χ3v) is 7.66. The first-order chi connectivity index (χ1) is 18.9. The van der Waals surface area contributed by atoms with Gasteiger partial charge in [-0.25, -0.2) is 8.42 Å². The van der Waals surface area contributed by atoms with Crippen molar-refractivity contribution in [2.75, 3.05) is 17.1 Å². The lowest BCUT2D eigenvalue weighted by Crippen LogP contribution is -2.54. The van der Waals surface area contributed by atoms with Gasteiger partial charge >= 0.3 is 0 Å². The number of Topliss-reactive ketones (excluding diaryl/α,β-unsaturated/α-hetero) is 1. The van der Waals surface area contributed by atoms with Gasteiger partial charge in [-0.1, -0.05) is 66.7 Å². The molecule has 0 fully saturated rings. The van der Waals surface area contributed by atoms with Crippen molar-refractivity contribution in [1.82, 2.24) is 10.2 Å². The summed E-state index contributed by atoms with van der Waals surface area (Å²) in [4.78, 5) is 41.1. The lowest BCUT2D eigenvalue weighted by molar-refractivity contribution is -0.140. The molecule has 0 bridgehead atoms. The van der Waals surface area contributed by atoms with Crippen LogP contribution in [0.25, 0.3) is 0 Å². The predicted molar refractivity (Wildman–Crippen MR) is 158 cm³/mol. The van der Waals surface area contributed by atoms with E-state index in [0.717, 1.165) is 27.3 Å². The summed E-state index contributed by atoms with van der Waals surface area (Å²) in [6.45, 7) is 6.58. The van der Waals surface area contributed by atoms with Crippen LogP contribution in [-0.4, -0.2) is 55.8 Å². The van der Waals surface area contributed by atoms with Crippen LogP contribution in [0.1, 0.15) is 47.8 Å². The fourth-order valence-corrected chi connectivity index (χ4v) is 5.24. The molecule has 0 aromatic heterocycles. The van der Waals surface area contributed by atoms with E-state index in [1.54, 1.807) is 18.2 Å². The maximum atomic E-state index is 14.1. The molecule has 0 radical (unpaired) electrons. The highest BCUT2D eigenvalue weighted by atomic mass is 32.2. The molecular weight excluding hydrogens is 526 g/mol. The first kappa shape index (κ1) is 30.6. The number of rotatable bonds is 12. The van der Waals surface area contributed by atoms with Gasteiger partial charge in [-0.15, -0.1) is 0 Å². The predicted octanol–water partition coefficient (Wildman–Crippen LogP) is 4.13. The number of ketones is 1. The minimum absolute atomic E-state index is 0.111. The molecule has 3 rings (SSSR count). The van der Waals surface area contributed by atoms with Crippen LogP contribution in [0.2, 0.25) is 0 Å². The molecule has 3 aromatic rings. The van der Waals surface area contributed by atoms with Gasteiger partial charge in [0.15, 0.2) is 5.78 Å². The van der Waals surface area contributed by atoms with E-state index in [9.17, 15) is 22.8 Å². The molecule has 0 aliphatic rings. The Morgan fingerprint density at radius 3 is 2.15 bits per heavy atom. The molecule has 0 aliphatic carbocycles. The highest BCUT2D eigenvalue weighted by molar-refractivity contribution is 7.92. The normalized spacial score (nSPS) is 12.1. The number of hydrogen-bond acceptors (Lipinski definition) is 5. The Bertz CT molecular complexity index is 1450. The molecule has 212 valence electrons. The van der Waals surface area contributed by atoms with E-state index in [-0.39, 0.29) is 36.4 Å². The van der Waals surface area contributed by atoms with Crippen molar-refractivity contribution in [1.29, 1.82) is 0 Å². The second-order valence-electron chi connectivity index (χ2n) is 10.2. The average Bonchev–Trinajstić information content (AvgIpc) is 2.89. The summed E-state index contributed by atoms with van der Waals surface area (Å²) in [5.41, 5.74) is 3.18. The minimum atomic E-state index is -3.92. The Morgan fingerprint density at radius 2 is 1.55 bits per heavy atom. The van der Waals surface area contributed by atoms with Crippen LogP contribution < -0.4 is 9.62 Å². The van der Waals surface area contributed by atoms with Gasteiger partial charge in [0.25, 0.3) is 0 Å². The van der Waals surface area contributed by atoms with Gasteiger partial charge in [-0.2, -0.15) is 0 Å². The van der Waals surface area contributed by atoms with Crippen LogP contribution in [0.3, 0.4) is 0 Å². The number of carbonyl (C=O) groups excluding carboxylic acids is 3. The van der Waals surface area contributed by atoms with E-state index in [2.05, 4.69) is 5.32 Å². The second kappa shape index (κ2) is 13.4. The molecule has 9 heteroatoms. The van der Waals surface area contributed by atoms with Crippen molar-refractivity contribution in [2.24, 2.45) is 0 Å². The summed E-state index contributed by atoms with van der Waals surface area (Å²) in [5.74, 6) is -1.09. The van der Waals surface area contributed by atoms with Crippen molar-refractivity contribution in [3.05, 3.63) is 101 Å². The lowest BCUT2D eigenvalue weighted by Gasteiger charge is -2.34. The van der Waals surface area contributed by atoms with Crippen molar-refractivity contribution in [2.45, 2.75) is 52.7 Å². The second-order valence-corrected chi connectivity index (χ2v) is 12.1. The highest BCUT2D eigenvalue weighted by Crippen LogP contribution is 2.22. The molecule has 1 N–H and O–H groups in total. The van der Waals surface area contributed by atoms with Crippen LogP contribution in [0.15, 0.2) is 78.9 Å². The van der Waals surface area contributed by atoms with Crippen LogP contribution >= 0.6 is 0 Å². The Hall–Kier alpha value is -3.98. The van der Waals surface area contributed by atoms with Crippen LogP contribution in [0, 0.1) is 6.92 Å². The average molecular weight is 564 g/mol. The van der Waals surface area contributed by atoms with E-state index in [4.69, 9.17) is 0 Å². The van der Waals surface area contributed by atoms with Crippen molar-refractivity contribution in [3.8, 4) is 0 Å². The minimum Gasteiger partial charge on any atom is -0.352 e. The highest BCUT2D eigenvalue weighted by Gasteiger charge is 2.33. The molecule has 1 atom stereocenters. The van der Waals surface area contributed by atoms with Gasteiger partial charge in [0.05, 0.1) is 11.9 Å². The number of anilines is 1. The van der Waals surface area contributed by atoms with Crippen molar-refractivity contribution in [3.63, 3.8) is 0 Å². The van der Waals surface area contributed by atoms with E-state index in [0.29, 0.717) is 5.56 Å². The number of aryl methyl sites for hydroxylation is 1. The van der Waals surface area contributed by atoms with Gasteiger partial charge in [0, 0.05) is 24.6 Å². The third-order valence-electron chi connectivity index (χ3n) is 6.52. The summed E-state index contributed by atoms with van der Waals surface area (Å²) in [7, 11) is -3.92. The number of amides is 2. The zero-order chi connectivity index (χ0) is 29.4. The monoisotopic (exact) mass is 563 g/mol. The summed E-state index contributed by atoms with van der Waals surface area (Å²) < 4.78 is 26.8. The maximum absolute atomic E-state index is 14.1. The van der Waals surface area contributed by atoms with E-state index >= 15 is 0 Å². The molecule has 3 aromatic carbocycles. The van der Waals surface area contributed by atoms with Gasteiger partial charge in [0.2, 0.25) is 21.8 Å². The van der Waals surface area contributed by atoms with E-state index in [1.165, 1.54) is 17.9 Å². The summed E-state index contributed by atoms with van der Waals surface area (Å²) in [6.07, 6.45) is 1.26. The Kier molecular flexibility index (Phi) is 10.2.